The summed E-state index contributed by atoms with van der Waals surface area (Å²) in [5.74, 6) is -0.508. The van der Waals surface area contributed by atoms with Gasteiger partial charge in [0.25, 0.3) is 0 Å². The zero-order valence-electron chi connectivity index (χ0n) is 20.0. The maximum atomic E-state index is 14.7. The monoisotopic (exact) mass is 520 g/mol. The second-order valence-corrected chi connectivity index (χ2v) is 10.1. The van der Waals surface area contributed by atoms with E-state index in [1.807, 2.05) is 31.9 Å². The molecule has 1 saturated heterocycles. The van der Waals surface area contributed by atoms with Gasteiger partial charge in [-0.2, -0.15) is 4.98 Å². The highest BCUT2D eigenvalue weighted by Gasteiger charge is 2.34. The Balaban J connectivity index is 2.02. The minimum absolute atomic E-state index is 0.0142. The van der Waals surface area contributed by atoms with E-state index in [-0.39, 0.29) is 47.7 Å². The fourth-order valence-corrected chi connectivity index (χ4v) is 5.18. The van der Waals surface area contributed by atoms with Crippen molar-refractivity contribution < 1.29 is 14.3 Å². The van der Waals surface area contributed by atoms with E-state index in [9.17, 15) is 19.1 Å². The second kappa shape index (κ2) is 9.62. The normalized spacial score (nSPS) is 18.5. The highest BCUT2D eigenvalue weighted by molar-refractivity contribution is 7.98. The predicted molar refractivity (Wildman–Crippen MR) is 135 cm³/mol. The molecule has 0 radical (unpaired) electrons. The van der Waals surface area contributed by atoms with Crippen LogP contribution in [-0.2, 0) is 0 Å². The van der Waals surface area contributed by atoms with Crippen LogP contribution in [0.15, 0.2) is 28.0 Å². The summed E-state index contributed by atoms with van der Waals surface area (Å²) in [4.78, 5) is 42.3. The molecular weight excluding hydrogens is 495 g/mol. The Morgan fingerprint density at radius 3 is 2.60 bits per heavy atom. The number of hydrogen-bond donors (Lipinski definition) is 1. The molecule has 4 heterocycles. The van der Waals surface area contributed by atoms with Crippen LogP contribution in [0.4, 0.5) is 15.0 Å². The van der Waals surface area contributed by atoms with Crippen molar-refractivity contribution in [1.82, 2.24) is 24.4 Å². The Hall–Kier alpha value is -2.92. The van der Waals surface area contributed by atoms with Crippen LogP contribution in [0, 0.1) is 5.82 Å². The number of pyridine rings is 2. The molecule has 1 N–H and O–H groups in total. The Kier molecular flexibility index (Phi) is 6.92. The standard InChI is InChI=1S/C23H26ClFN6O3S/c1-11(2)17-18(16(35-5)6-7-26-17)31-21-14(8-15(25)19(24)27-21)20(28-22(31)32)29-9-13(4)30(23(33)34)10-12(29)3/h6-8,11-13H,9-10H2,1-5H3,(H,33,34)/t12-,13+/m0/s1. The average molecular weight is 521 g/mol. The van der Waals surface area contributed by atoms with Gasteiger partial charge in [-0.25, -0.2) is 23.5 Å². The van der Waals surface area contributed by atoms with Gasteiger partial charge >= 0.3 is 11.8 Å². The van der Waals surface area contributed by atoms with E-state index >= 15 is 0 Å². The first kappa shape index (κ1) is 25.2. The zero-order chi connectivity index (χ0) is 25.6. The summed E-state index contributed by atoms with van der Waals surface area (Å²) < 4.78 is 16.0. The van der Waals surface area contributed by atoms with Gasteiger partial charge in [-0.1, -0.05) is 25.4 Å². The van der Waals surface area contributed by atoms with Crippen molar-refractivity contribution >= 4 is 46.3 Å². The van der Waals surface area contributed by atoms with Crippen LogP contribution < -0.4 is 10.6 Å². The fraction of sp³-hybridized carbons (Fsp3) is 0.435. The zero-order valence-corrected chi connectivity index (χ0v) is 21.6. The van der Waals surface area contributed by atoms with Crippen molar-refractivity contribution in [3.8, 4) is 5.69 Å². The SMILES string of the molecule is CSc1ccnc(C(C)C)c1-n1c(=O)nc(N2C[C@@H](C)N(C(=O)O)C[C@@H]2C)c2cc(F)c(Cl)nc21. The lowest BCUT2D eigenvalue weighted by Gasteiger charge is -2.43. The maximum absolute atomic E-state index is 14.7. The van der Waals surface area contributed by atoms with E-state index in [4.69, 9.17) is 11.6 Å². The minimum Gasteiger partial charge on any atom is -0.465 e. The highest BCUT2D eigenvalue weighted by atomic mass is 35.5. The van der Waals surface area contributed by atoms with Crippen molar-refractivity contribution in [2.45, 2.75) is 50.6 Å². The van der Waals surface area contributed by atoms with Crippen LogP contribution in [0.25, 0.3) is 16.7 Å². The number of aromatic nitrogens is 4. The van der Waals surface area contributed by atoms with Crippen molar-refractivity contribution in [2.75, 3.05) is 24.2 Å². The number of anilines is 1. The molecule has 186 valence electrons. The Bertz CT molecular complexity index is 1370. The number of fused-ring (bicyclic) bond motifs is 1. The molecule has 0 unspecified atom stereocenters. The number of hydrogen-bond acceptors (Lipinski definition) is 7. The lowest BCUT2D eigenvalue weighted by Crippen LogP contribution is -2.58. The molecule has 35 heavy (non-hydrogen) atoms. The summed E-state index contributed by atoms with van der Waals surface area (Å²) in [5.41, 5.74) is 0.774. The third kappa shape index (κ3) is 4.42. The van der Waals surface area contributed by atoms with Crippen LogP contribution in [0.2, 0.25) is 5.15 Å². The largest absolute Gasteiger partial charge is 0.465 e. The summed E-state index contributed by atoms with van der Waals surface area (Å²) >= 11 is 7.54. The third-order valence-corrected chi connectivity index (χ3v) is 7.20. The van der Waals surface area contributed by atoms with Gasteiger partial charge in [-0.15, -0.1) is 11.8 Å². The number of rotatable bonds is 4. The Morgan fingerprint density at radius 2 is 1.97 bits per heavy atom. The van der Waals surface area contributed by atoms with Gasteiger partial charge in [-0.05, 0) is 38.2 Å². The number of piperazine rings is 1. The van der Waals surface area contributed by atoms with Gasteiger partial charge in [0.2, 0.25) is 0 Å². The van der Waals surface area contributed by atoms with Crippen LogP contribution >= 0.6 is 23.4 Å². The first-order chi connectivity index (χ1) is 16.5. The van der Waals surface area contributed by atoms with Gasteiger partial charge in [0.05, 0.1) is 16.8 Å². The van der Waals surface area contributed by atoms with E-state index in [1.54, 1.807) is 19.2 Å². The highest BCUT2D eigenvalue weighted by Crippen LogP contribution is 2.34. The lowest BCUT2D eigenvalue weighted by molar-refractivity contribution is 0.114. The molecule has 9 nitrogen and oxygen atoms in total. The lowest BCUT2D eigenvalue weighted by atomic mass is 10.1. The number of nitrogens with zero attached hydrogens (tertiary/aromatic N) is 6. The van der Waals surface area contributed by atoms with E-state index in [0.717, 1.165) is 4.90 Å². The summed E-state index contributed by atoms with van der Waals surface area (Å²) in [6.45, 7) is 8.05. The minimum atomic E-state index is -1.01. The molecule has 4 rings (SSSR count). The molecule has 1 fully saturated rings. The molecule has 3 aromatic heterocycles. The first-order valence-corrected chi connectivity index (χ1v) is 12.7. The second-order valence-electron chi connectivity index (χ2n) is 8.87. The molecule has 0 bridgehead atoms. The van der Waals surface area contributed by atoms with Crippen LogP contribution in [0.5, 0.6) is 0 Å². The number of thioether (sulfide) groups is 1. The Morgan fingerprint density at radius 1 is 1.26 bits per heavy atom. The molecule has 3 aromatic rings. The van der Waals surface area contributed by atoms with Crippen LogP contribution in [-0.4, -0.2) is 67.0 Å². The number of carbonyl (C=O) groups is 1. The van der Waals surface area contributed by atoms with Gasteiger partial charge in [0, 0.05) is 36.3 Å². The summed E-state index contributed by atoms with van der Waals surface area (Å²) in [6.07, 6.45) is 2.56. The molecule has 2 atom stereocenters. The predicted octanol–water partition coefficient (Wildman–Crippen LogP) is 4.39. The van der Waals surface area contributed by atoms with Gasteiger partial charge in [-0.3, -0.25) is 4.98 Å². The van der Waals surface area contributed by atoms with Crippen LogP contribution in [0.3, 0.4) is 0 Å². The molecule has 1 aliphatic rings. The first-order valence-electron chi connectivity index (χ1n) is 11.1. The summed E-state index contributed by atoms with van der Waals surface area (Å²) in [7, 11) is 0. The quantitative estimate of drug-likeness (QED) is 0.399. The molecule has 0 aromatic carbocycles. The van der Waals surface area contributed by atoms with Crippen molar-refractivity contribution in [2.24, 2.45) is 0 Å². The van der Waals surface area contributed by atoms with Gasteiger partial charge < -0.3 is 14.9 Å². The number of carboxylic acid groups (broad SMARTS) is 1. The third-order valence-electron chi connectivity index (χ3n) is 6.17. The summed E-state index contributed by atoms with van der Waals surface area (Å²) in [5, 5.41) is 9.45. The number of halogens is 2. The number of amides is 1. The molecule has 1 aliphatic heterocycles. The van der Waals surface area contributed by atoms with E-state index in [1.165, 1.54) is 27.3 Å². The smallest absolute Gasteiger partial charge is 0.407 e. The average Bonchev–Trinajstić information content (AvgIpc) is 2.80. The molecule has 0 aliphatic carbocycles. The maximum Gasteiger partial charge on any atom is 0.407 e. The van der Waals surface area contributed by atoms with Gasteiger partial charge in [0.1, 0.15) is 5.82 Å². The molecular formula is C23H26ClFN6O3S. The van der Waals surface area contributed by atoms with E-state index in [2.05, 4.69) is 15.0 Å². The molecule has 0 spiro atoms. The fourth-order valence-electron chi connectivity index (χ4n) is 4.46. The van der Waals surface area contributed by atoms with Crippen molar-refractivity contribution in [3.63, 3.8) is 0 Å². The Labute approximate surface area is 210 Å². The van der Waals surface area contributed by atoms with Crippen molar-refractivity contribution in [3.05, 3.63) is 45.5 Å². The molecule has 1 amide bonds. The van der Waals surface area contributed by atoms with Gasteiger partial charge in [0.15, 0.2) is 16.6 Å². The summed E-state index contributed by atoms with van der Waals surface area (Å²) in [6, 6.07) is 2.37. The molecule has 0 saturated carbocycles. The van der Waals surface area contributed by atoms with E-state index in [0.29, 0.717) is 16.8 Å². The topological polar surface area (TPSA) is 104 Å². The molecule has 12 heteroatoms. The van der Waals surface area contributed by atoms with Crippen molar-refractivity contribution in [1.29, 1.82) is 0 Å². The van der Waals surface area contributed by atoms with E-state index < -0.39 is 17.6 Å². The van der Waals surface area contributed by atoms with Crippen LogP contribution in [0.1, 0.15) is 39.3 Å².